The largest absolute Gasteiger partial charge is 0.313 e. The van der Waals surface area contributed by atoms with Gasteiger partial charge >= 0.3 is 0 Å². The first kappa shape index (κ1) is 15.0. The van der Waals surface area contributed by atoms with Gasteiger partial charge in [0, 0.05) is 6.04 Å². The molecule has 0 amide bonds. The Morgan fingerprint density at radius 1 is 1.06 bits per heavy atom. The van der Waals surface area contributed by atoms with Crippen LogP contribution >= 0.6 is 0 Å². The molecular formula is C16H33N. The van der Waals surface area contributed by atoms with Crippen LogP contribution in [0.1, 0.15) is 60.8 Å². The lowest BCUT2D eigenvalue weighted by Crippen LogP contribution is -2.44. The third kappa shape index (κ3) is 4.62. The Kier molecular flexibility index (Phi) is 5.99. The van der Waals surface area contributed by atoms with E-state index in [9.17, 15) is 0 Å². The molecule has 0 heterocycles. The Morgan fingerprint density at radius 2 is 1.71 bits per heavy atom. The van der Waals surface area contributed by atoms with Gasteiger partial charge < -0.3 is 5.32 Å². The van der Waals surface area contributed by atoms with E-state index in [4.69, 9.17) is 0 Å². The van der Waals surface area contributed by atoms with Crippen molar-refractivity contribution in [2.24, 2.45) is 29.6 Å². The highest BCUT2D eigenvalue weighted by molar-refractivity contribution is 4.85. The first-order chi connectivity index (χ1) is 7.91. The van der Waals surface area contributed by atoms with Crippen molar-refractivity contribution in [3.8, 4) is 0 Å². The molecule has 17 heavy (non-hydrogen) atoms. The van der Waals surface area contributed by atoms with Gasteiger partial charge in [0.05, 0.1) is 0 Å². The predicted molar refractivity (Wildman–Crippen MR) is 77.1 cm³/mol. The molecule has 4 unspecified atom stereocenters. The maximum absolute atomic E-state index is 3.86. The summed E-state index contributed by atoms with van der Waals surface area (Å²) in [5.74, 6) is 4.22. The van der Waals surface area contributed by atoms with Gasteiger partial charge in [-0.2, -0.15) is 0 Å². The summed E-state index contributed by atoms with van der Waals surface area (Å²) < 4.78 is 0. The summed E-state index contributed by atoms with van der Waals surface area (Å²) in [6, 6.07) is 0.764. The Hall–Kier alpha value is -0.0400. The SMILES string of the molecule is CC1CCC(C(C)C)C(NCC(C)C(C)C)C1. The molecule has 0 saturated heterocycles. The van der Waals surface area contributed by atoms with Crippen LogP contribution in [0.5, 0.6) is 0 Å². The van der Waals surface area contributed by atoms with Crippen molar-refractivity contribution in [2.75, 3.05) is 6.54 Å². The van der Waals surface area contributed by atoms with E-state index in [0.717, 1.165) is 35.6 Å². The van der Waals surface area contributed by atoms with E-state index in [0.29, 0.717) is 0 Å². The third-order valence-corrected chi connectivity index (χ3v) is 4.86. The Labute approximate surface area is 109 Å². The highest BCUT2D eigenvalue weighted by Crippen LogP contribution is 2.33. The van der Waals surface area contributed by atoms with Gasteiger partial charge in [-0.15, -0.1) is 0 Å². The zero-order valence-corrected chi connectivity index (χ0v) is 12.8. The van der Waals surface area contributed by atoms with Crippen LogP contribution in [0.25, 0.3) is 0 Å². The van der Waals surface area contributed by atoms with Crippen molar-refractivity contribution in [3.63, 3.8) is 0 Å². The molecule has 0 aromatic heterocycles. The van der Waals surface area contributed by atoms with E-state index in [2.05, 4.69) is 46.9 Å². The fourth-order valence-electron chi connectivity index (χ4n) is 3.01. The second-order valence-corrected chi connectivity index (χ2v) is 7.06. The minimum atomic E-state index is 0.764. The molecule has 1 saturated carbocycles. The van der Waals surface area contributed by atoms with Crippen LogP contribution in [-0.4, -0.2) is 12.6 Å². The van der Waals surface area contributed by atoms with E-state index in [1.807, 2.05) is 0 Å². The molecule has 0 aliphatic heterocycles. The Morgan fingerprint density at radius 3 is 2.24 bits per heavy atom. The van der Waals surface area contributed by atoms with Crippen LogP contribution < -0.4 is 5.32 Å². The summed E-state index contributed by atoms with van der Waals surface area (Å²) in [6.45, 7) is 15.4. The molecule has 0 aromatic rings. The van der Waals surface area contributed by atoms with Gasteiger partial charge in [-0.25, -0.2) is 0 Å². The molecule has 0 radical (unpaired) electrons. The number of nitrogens with one attached hydrogen (secondary N) is 1. The lowest BCUT2D eigenvalue weighted by atomic mass is 9.74. The maximum atomic E-state index is 3.86. The van der Waals surface area contributed by atoms with Gasteiger partial charge in [0.2, 0.25) is 0 Å². The summed E-state index contributed by atoms with van der Waals surface area (Å²) in [5.41, 5.74) is 0. The van der Waals surface area contributed by atoms with E-state index in [1.165, 1.54) is 25.8 Å². The van der Waals surface area contributed by atoms with Crippen molar-refractivity contribution in [1.29, 1.82) is 0 Å². The predicted octanol–water partition coefficient (Wildman–Crippen LogP) is 4.33. The fourth-order valence-corrected chi connectivity index (χ4v) is 3.01. The maximum Gasteiger partial charge on any atom is 0.0100 e. The molecule has 1 N–H and O–H groups in total. The second-order valence-electron chi connectivity index (χ2n) is 7.06. The summed E-state index contributed by atoms with van der Waals surface area (Å²) in [4.78, 5) is 0. The summed E-state index contributed by atoms with van der Waals surface area (Å²) in [5, 5.41) is 3.86. The molecule has 1 fully saturated rings. The van der Waals surface area contributed by atoms with Crippen molar-refractivity contribution in [3.05, 3.63) is 0 Å². The minimum absolute atomic E-state index is 0.764. The van der Waals surface area contributed by atoms with Crippen LogP contribution in [0.2, 0.25) is 0 Å². The zero-order chi connectivity index (χ0) is 13.0. The average molecular weight is 239 g/mol. The molecule has 1 aliphatic rings. The lowest BCUT2D eigenvalue weighted by Gasteiger charge is -2.38. The first-order valence-corrected chi connectivity index (χ1v) is 7.65. The highest BCUT2D eigenvalue weighted by atomic mass is 14.9. The van der Waals surface area contributed by atoms with Gasteiger partial charge in [-0.3, -0.25) is 0 Å². The van der Waals surface area contributed by atoms with E-state index >= 15 is 0 Å². The fraction of sp³-hybridized carbons (Fsp3) is 1.00. The molecule has 102 valence electrons. The van der Waals surface area contributed by atoms with Crippen molar-refractivity contribution >= 4 is 0 Å². The van der Waals surface area contributed by atoms with Crippen molar-refractivity contribution < 1.29 is 0 Å². The number of rotatable bonds is 5. The molecule has 1 heteroatoms. The van der Waals surface area contributed by atoms with Crippen LogP contribution in [0.4, 0.5) is 0 Å². The van der Waals surface area contributed by atoms with Crippen LogP contribution in [0.3, 0.4) is 0 Å². The topological polar surface area (TPSA) is 12.0 Å². The lowest BCUT2D eigenvalue weighted by molar-refractivity contribution is 0.163. The van der Waals surface area contributed by atoms with Crippen molar-refractivity contribution in [2.45, 2.75) is 66.8 Å². The normalized spacial score (nSPS) is 32.1. The summed E-state index contributed by atoms with van der Waals surface area (Å²) >= 11 is 0. The Bertz CT molecular complexity index is 210. The summed E-state index contributed by atoms with van der Waals surface area (Å²) in [6.07, 6.45) is 4.24. The highest BCUT2D eigenvalue weighted by Gasteiger charge is 2.30. The van der Waals surface area contributed by atoms with E-state index < -0.39 is 0 Å². The molecular weight excluding hydrogens is 206 g/mol. The first-order valence-electron chi connectivity index (χ1n) is 7.65. The number of hydrogen-bond acceptors (Lipinski definition) is 1. The second kappa shape index (κ2) is 6.78. The van der Waals surface area contributed by atoms with Crippen LogP contribution in [-0.2, 0) is 0 Å². The molecule has 0 aromatic carbocycles. The molecule has 1 rings (SSSR count). The molecule has 0 bridgehead atoms. The molecule has 4 atom stereocenters. The van der Waals surface area contributed by atoms with Crippen LogP contribution in [0, 0.1) is 29.6 Å². The Balaban J connectivity index is 2.46. The van der Waals surface area contributed by atoms with Gasteiger partial charge in [-0.1, -0.05) is 48.0 Å². The van der Waals surface area contributed by atoms with Gasteiger partial charge in [0.15, 0.2) is 0 Å². The van der Waals surface area contributed by atoms with Gasteiger partial charge in [0.1, 0.15) is 0 Å². The van der Waals surface area contributed by atoms with Gasteiger partial charge in [0.25, 0.3) is 0 Å². The summed E-state index contributed by atoms with van der Waals surface area (Å²) in [7, 11) is 0. The third-order valence-electron chi connectivity index (χ3n) is 4.86. The van der Waals surface area contributed by atoms with Gasteiger partial charge in [-0.05, 0) is 49.0 Å². The zero-order valence-electron chi connectivity index (χ0n) is 12.8. The standard InChI is InChI=1S/C16H33N/c1-11(2)14(6)10-17-16-9-13(5)7-8-15(16)12(3)4/h11-17H,7-10H2,1-6H3. The smallest absolute Gasteiger partial charge is 0.0100 e. The van der Waals surface area contributed by atoms with Crippen LogP contribution in [0.15, 0.2) is 0 Å². The average Bonchev–Trinajstić information content (AvgIpc) is 2.25. The molecule has 1 aliphatic carbocycles. The molecule has 0 spiro atoms. The quantitative estimate of drug-likeness (QED) is 0.753. The number of hydrogen-bond donors (Lipinski definition) is 1. The molecule has 1 nitrogen and oxygen atoms in total. The van der Waals surface area contributed by atoms with Crippen molar-refractivity contribution in [1.82, 2.24) is 5.32 Å². The van der Waals surface area contributed by atoms with E-state index in [-0.39, 0.29) is 0 Å². The van der Waals surface area contributed by atoms with E-state index in [1.54, 1.807) is 0 Å². The monoisotopic (exact) mass is 239 g/mol. The minimum Gasteiger partial charge on any atom is -0.313 e.